The minimum Gasteiger partial charge on any atom is -0.310 e. The first-order valence-electron chi connectivity index (χ1n) is 23.8. The molecule has 2 heteroatoms. The summed E-state index contributed by atoms with van der Waals surface area (Å²) in [6.45, 7) is 0. The van der Waals surface area contributed by atoms with Crippen LogP contribution in [-0.4, -0.2) is 4.57 Å². The molecule has 314 valence electrons. The zero-order valence-electron chi connectivity index (χ0n) is 37.0. The Hall–Kier alpha value is -8.72. The average Bonchev–Trinajstić information content (AvgIpc) is 4.10. The van der Waals surface area contributed by atoms with Crippen molar-refractivity contribution in [2.24, 2.45) is 0 Å². The number of nitrogens with zero attached hydrogens (tertiary/aromatic N) is 2. The predicted octanol–water partition coefficient (Wildman–Crippen LogP) is 16.4. The lowest BCUT2D eigenvalue weighted by molar-refractivity contribution is 0.748. The number of benzene rings is 11. The van der Waals surface area contributed by atoms with E-state index in [9.17, 15) is 0 Å². The van der Waals surface area contributed by atoms with Gasteiger partial charge in [-0.3, -0.25) is 0 Å². The molecule has 2 heterocycles. The molecule has 68 heavy (non-hydrogen) atoms. The number of aromatic nitrogens is 1. The number of hydrogen-bond donors (Lipinski definition) is 0. The van der Waals surface area contributed by atoms with Crippen LogP contribution in [0.25, 0.3) is 71.6 Å². The molecule has 0 fully saturated rings. The van der Waals surface area contributed by atoms with E-state index in [0.29, 0.717) is 0 Å². The Kier molecular flexibility index (Phi) is 6.98. The molecule has 0 saturated heterocycles. The highest BCUT2D eigenvalue weighted by Gasteiger charge is 2.53. The fourth-order valence-electron chi connectivity index (χ4n) is 13.7. The molecule has 0 N–H and O–H groups in total. The van der Waals surface area contributed by atoms with Gasteiger partial charge in [0, 0.05) is 27.8 Å². The quantitative estimate of drug-likeness (QED) is 0.172. The summed E-state index contributed by atoms with van der Waals surface area (Å²) in [5.74, 6) is 0. The van der Waals surface area contributed by atoms with Gasteiger partial charge in [-0.05, 0) is 137 Å². The van der Waals surface area contributed by atoms with Crippen LogP contribution in [0.3, 0.4) is 0 Å². The number of rotatable bonds is 3. The lowest BCUT2D eigenvalue weighted by Gasteiger charge is -2.40. The molecule has 1 aromatic heterocycles. The van der Waals surface area contributed by atoms with Gasteiger partial charge in [-0.25, -0.2) is 0 Å². The second-order valence-electron chi connectivity index (χ2n) is 19.0. The molecule has 0 radical (unpaired) electrons. The maximum Gasteiger partial charge on any atom is 0.0755 e. The van der Waals surface area contributed by atoms with Gasteiger partial charge in [0.25, 0.3) is 0 Å². The van der Waals surface area contributed by atoms with Gasteiger partial charge in [-0.15, -0.1) is 0 Å². The van der Waals surface area contributed by atoms with Crippen LogP contribution < -0.4 is 4.90 Å². The molecule has 0 saturated carbocycles. The topological polar surface area (TPSA) is 8.17 Å². The number of hydrogen-bond acceptors (Lipinski definition) is 1. The third kappa shape index (κ3) is 4.26. The third-order valence-electron chi connectivity index (χ3n) is 16.2. The van der Waals surface area contributed by atoms with E-state index in [1.165, 1.54) is 116 Å². The molecule has 11 aromatic carbocycles. The largest absolute Gasteiger partial charge is 0.310 e. The van der Waals surface area contributed by atoms with Gasteiger partial charge in [0.1, 0.15) is 0 Å². The monoisotopic (exact) mass is 860 g/mol. The van der Waals surface area contributed by atoms with Crippen molar-refractivity contribution in [2.75, 3.05) is 4.90 Å². The van der Waals surface area contributed by atoms with Crippen LogP contribution in [0.5, 0.6) is 0 Å². The highest BCUT2D eigenvalue weighted by Crippen LogP contribution is 2.65. The first-order valence-corrected chi connectivity index (χ1v) is 23.8. The number of anilines is 3. The summed E-state index contributed by atoms with van der Waals surface area (Å²) < 4.78 is 2.53. The molecule has 2 unspecified atom stereocenters. The molecule has 1 aliphatic heterocycles. The molecular formula is C66H40N2. The Morgan fingerprint density at radius 3 is 1.53 bits per heavy atom. The zero-order valence-corrected chi connectivity index (χ0v) is 37.0. The van der Waals surface area contributed by atoms with Crippen molar-refractivity contribution < 1.29 is 0 Å². The van der Waals surface area contributed by atoms with Crippen molar-refractivity contribution in [1.82, 2.24) is 4.57 Å². The fraction of sp³-hybridized carbons (Fsp3) is 0.0303. The number of para-hydroxylation sites is 4. The standard InChI is InChI=1S/C66H40N2/c1-2-18-42(19-3-1)67(43-34-36-48-46-21-6-10-26-53(46)65(59(48)39-43)55-28-12-8-24-52(55)63-45-20-5-4-17-41(45)33-38-57(63)65)44-35-37-49-47-22-7-11-27-54(47)66(60(49)40-44)56-29-13-15-32-62(56)68-61-31-14-9-23-50(61)51-25-16-30-58(66)64(51)68/h1-40H. The lowest BCUT2D eigenvalue weighted by Crippen LogP contribution is -2.33. The molecule has 0 amide bonds. The van der Waals surface area contributed by atoms with Crippen molar-refractivity contribution in [1.29, 1.82) is 0 Å². The summed E-state index contributed by atoms with van der Waals surface area (Å²) >= 11 is 0. The summed E-state index contributed by atoms with van der Waals surface area (Å²) in [7, 11) is 0. The smallest absolute Gasteiger partial charge is 0.0755 e. The highest BCUT2D eigenvalue weighted by atomic mass is 15.1. The SMILES string of the molecule is c1ccc(N(c2ccc3c(c2)C2(c4ccccc4-3)c3ccccc3-c3c2ccc2ccccc32)c2ccc3c(c2)C2(c4ccccc4-3)c3ccccc3-n3c4ccccc4c4cccc2c43)cc1. The van der Waals surface area contributed by atoms with E-state index in [1.807, 2.05) is 0 Å². The molecule has 16 rings (SSSR count). The van der Waals surface area contributed by atoms with Crippen molar-refractivity contribution >= 4 is 49.6 Å². The van der Waals surface area contributed by atoms with Gasteiger partial charge >= 0.3 is 0 Å². The van der Waals surface area contributed by atoms with E-state index in [-0.39, 0.29) is 0 Å². The Labute approximate surface area is 394 Å². The molecule has 12 aromatic rings. The number of fused-ring (bicyclic) bond motifs is 24. The second kappa shape index (κ2) is 13.0. The van der Waals surface area contributed by atoms with Gasteiger partial charge in [-0.1, -0.05) is 194 Å². The normalized spacial score (nSPS) is 17.2. The molecule has 2 atom stereocenters. The van der Waals surface area contributed by atoms with E-state index in [2.05, 4.69) is 252 Å². The minimum atomic E-state index is -0.561. The third-order valence-corrected chi connectivity index (χ3v) is 16.2. The molecule has 0 bridgehead atoms. The molecule has 2 spiro atoms. The maximum absolute atomic E-state index is 2.53. The van der Waals surface area contributed by atoms with Crippen LogP contribution in [0, 0.1) is 0 Å². The van der Waals surface area contributed by atoms with Crippen LogP contribution in [-0.2, 0) is 10.8 Å². The summed E-state index contributed by atoms with van der Waals surface area (Å²) in [4.78, 5) is 2.50. The van der Waals surface area contributed by atoms with Gasteiger partial charge < -0.3 is 9.47 Å². The van der Waals surface area contributed by atoms with Gasteiger partial charge in [0.05, 0.1) is 27.6 Å². The second-order valence-corrected chi connectivity index (χ2v) is 19.0. The Morgan fingerprint density at radius 2 is 0.809 bits per heavy atom. The Balaban J connectivity index is 0.977. The molecule has 2 nitrogen and oxygen atoms in total. The van der Waals surface area contributed by atoms with Gasteiger partial charge in [-0.2, -0.15) is 0 Å². The van der Waals surface area contributed by atoms with Crippen LogP contribution in [0.4, 0.5) is 17.1 Å². The molecule has 4 aliphatic rings. The fourth-order valence-corrected chi connectivity index (χ4v) is 13.7. The average molecular weight is 861 g/mol. The first kappa shape index (κ1) is 36.5. The molecular weight excluding hydrogens is 821 g/mol. The van der Waals surface area contributed by atoms with Gasteiger partial charge in [0.15, 0.2) is 0 Å². The van der Waals surface area contributed by atoms with Crippen LogP contribution in [0.1, 0.15) is 44.5 Å². The minimum absolute atomic E-state index is 0.493. The van der Waals surface area contributed by atoms with E-state index in [0.717, 1.165) is 17.1 Å². The summed E-state index contributed by atoms with van der Waals surface area (Å²) in [6, 6.07) is 91.8. The summed E-state index contributed by atoms with van der Waals surface area (Å²) in [6.07, 6.45) is 0. The van der Waals surface area contributed by atoms with E-state index < -0.39 is 10.8 Å². The lowest BCUT2D eigenvalue weighted by atomic mass is 9.65. The first-order chi connectivity index (χ1) is 33.8. The Morgan fingerprint density at radius 1 is 0.294 bits per heavy atom. The summed E-state index contributed by atoms with van der Waals surface area (Å²) in [5, 5.41) is 5.14. The van der Waals surface area contributed by atoms with E-state index in [1.54, 1.807) is 0 Å². The highest BCUT2D eigenvalue weighted by molar-refractivity contribution is 6.13. The maximum atomic E-state index is 2.53. The Bertz CT molecular complexity index is 4170. The van der Waals surface area contributed by atoms with Crippen LogP contribution in [0.2, 0.25) is 0 Å². The van der Waals surface area contributed by atoms with Gasteiger partial charge in [0.2, 0.25) is 0 Å². The van der Waals surface area contributed by atoms with E-state index in [4.69, 9.17) is 0 Å². The van der Waals surface area contributed by atoms with Crippen molar-refractivity contribution in [2.45, 2.75) is 10.8 Å². The zero-order chi connectivity index (χ0) is 44.3. The van der Waals surface area contributed by atoms with Crippen molar-refractivity contribution in [3.8, 4) is 39.1 Å². The summed E-state index contributed by atoms with van der Waals surface area (Å²) in [5.41, 5.74) is 24.5. The van der Waals surface area contributed by atoms with Crippen LogP contribution in [0.15, 0.2) is 243 Å². The van der Waals surface area contributed by atoms with Crippen molar-refractivity contribution in [3.63, 3.8) is 0 Å². The predicted molar refractivity (Wildman–Crippen MR) is 280 cm³/mol. The van der Waals surface area contributed by atoms with Crippen LogP contribution >= 0.6 is 0 Å². The van der Waals surface area contributed by atoms with E-state index >= 15 is 0 Å². The molecule has 3 aliphatic carbocycles. The van der Waals surface area contributed by atoms with Crippen molar-refractivity contribution in [3.05, 3.63) is 287 Å².